The SMILES string of the molecule is CC(O)C1CCN(CC(C)(O)C(=O)O)C1. The third kappa shape index (κ3) is 3.15. The number of likely N-dealkylation sites (tertiary alicyclic amines) is 1. The molecule has 3 unspecified atom stereocenters. The van der Waals surface area contributed by atoms with Crippen LogP contribution < -0.4 is 0 Å². The molecule has 0 amide bonds. The van der Waals surface area contributed by atoms with Gasteiger partial charge in [-0.3, -0.25) is 4.90 Å². The van der Waals surface area contributed by atoms with E-state index in [1.165, 1.54) is 6.92 Å². The Morgan fingerprint density at radius 2 is 2.27 bits per heavy atom. The average Bonchev–Trinajstić information content (AvgIpc) is 2.51. The van der Waals surface area contributed by atoms with Crippen molar-refractivity contribution in [1.29, 1.82) is 0 Å². The number of carboxylic acids is 1. The van der Waals surface area contributed by atoms with Gasteiger partial charge in [-0.2, -0.15) is 0 Å². The smallest absolute Gasteiger partial charge is 0.336 e. The van der Waals surface area contributed by atoms with Crippen molar-refractivity contribution >= 4 is 5.97 Å². The Kier molecular flexibility index (Phi) is 3.70. The molecule has 3 atom stereocenters. The fourth-order valence-electron chi connectivity index (χ4n) is 1.90. The number of aliphatic hydroxyl groups excluding tert-OH is 1. The van der Waals surface area contributed by atoms with Gasteiger partial charge in [0, 0.05) is 13.1 Å². The molecule has 5 nitrogen and oxygen atoms in total. The maximum Gasteiger partial charge on any atom is 0.336 e. The molecular formula is C10H19NO4. The summed E-state index contributed by atoms with van der Waals surface area (Å²) in [7, 11) is 0. The van der Waals surface area contributed by atoms with E-state index in [2.05, 4.69) is 0 Å². The standard InChI is InChI=1S/C10H19NO4/c1-7(12)8-3-4-11(5-8)6-10(2,15)9(13)14/h7-8,12,15H,3-6H2,1-2H3,(H,13,14). The molecule has 0 bridgehead atoms. The van der Waals surface area contributed by atoms with Crippen molar-refractivity contribution in [3.8, 4) is 0 Å². The second-order valence-electron chi connectivity index (χ2n) is 4.60. The van der Waals surface area contributed by atoms with Crippen molar-refractivity contribution in [3.63, 3.8) is 0 Å². The summed E-state index contributed by atoms with van der Waals surface area (Å²) in [6, 6.07) is 0. The summed E-state index contributed by atoms with van der Waals surface area (Å²) in [6.45, 7) is 4.54. The van der Waals surface area contributed by atoms with Crippen LogP contribution in [0.4, 0.5) is 0 Å². The number of nitrogens with zero attached hydrogens (tertiary/aromatic N) is 1. The van der Waals surface area contributed by atoms with Gasteiger partial charge in [0.25, 0.3) is 0 Å². The first-order valence-electron chi connectivity index (χ1n) is 5.19. The second-order valence-corrected chi connectivity index (χ2v) is 4.60. The molecular weight excluding hydrogens is 198 g/mol. The highest BCUT2D eigenvalue weighted by Crippen LogP contribution is 2.21. The van der Waals surface area contributed by atoms with Crippen LogP contribution in [0, 0.1) is 5.92 Å². The van der Waals surface area contributed by atoms with Gasteiger partial charge in [-0.1, -0.05) is 0 Å². The largest absolute Gasteiger partial charge is 0.479 e. The van der Waals surface area contributed by atoms with Crippen LogP contribution in [0.15, 0.2) is 0 Å². The number of carboxylic acid groups (broad SMARTS) is 1. The van der Waals surface area contributed by atoms with E-state index in [0.717, 1.165) is 13.0 Å². The number of aliphatic carboxylic acids is 1. The van der Waals surface area contributed by atoms with Crippen LogP contribution in [0.2, 0.25) is 0 Å². The van der Waals surface area contributed by atoms with E-state index < -0.39 is 11.6 Å². The average molecular weight is 217 g/mol. The lowest BCUT2D eigenvalue weighted by molar-refractivity contribution is -0.158. The third-order valence-corrected chi connectivity index (χ3v) is 2.98. The summed E-state index contributed by atoms with van der Waals surface area (Å²) >= 11 is 0. The maximum atomic E-state index is 10.7. The van der Waals surface area contributed by atoms with Crippen LogP contribution in [-0.2, 0) is 4.79 Å². The van der Waals surface area contributed by atoms with Gasteiger partial charge in [0.15, 0.2) is 5.60 Å². The van der Waals surface area contributed by atoms with E-state index >= 15 is 0 Å². The van der Waals surface area contributed by atoms with E-state index in [0.29, 0.717) is 6.54 Å². The van der Waals surface area contributed by atoms with Crippen molar-refractivity contribution in [3.05, 3.63) is 0 Å². The van der Waals surface area contributed by atoms with Crippen LogP contribution in [0.25, 0.3) is 0 Å². The van der Waals surface area contributed by atoms with Gasteiger partial charge in [0.1, 0.15) is 0 Å². The molecule has 0 saturated carbocycles. The van der Waals surface area contributed by atoms with Gasteiger partial charge < -0.3 is 15.3 Å². The van der Waals surface area contributed by atoms with Gasteiger partial charge in [-0.25, -0.2) is 4.79 Å². The van der Waals surface area contributed by atoms with E-state index in [-0.39, 0.29) is 18.6 Å². The number of rotatable bonds is 4. The molecule has 0 aromatic rings. The van der Waals surface area contributed by atoms with E-state index in [1.54, 1.807) is 6.92 Å². The summed E-state index contributed by atoms with van der Waals surface area (Å²) in [5, 5.41) is 27.7. The van der Waals surface area contributed by atoms with E-state index in [9.17, 15) is 15.0 Å². The normalized spacial score (nSPS) is 28.7. The fraction of sp³-hybridized carbons (Fsp3) is 0.900. The molecule has 15 heavy (non-hydrogen) atoms. The first-order valence-corrected chi connectivity index (χ1v) is 5.19. The molecule has 88 valence electrons. The lowest BCUT2D eigenvalue weighted by Gasteiger charge is -2.25. The Morgan fingerprint density at radius 3 is 2.67 bits per heavy atom. The molecule has 5 heteroatoms. The first kappa shape index (κ1) is 12.4. The molecule has 1 saturated heterocycles. The molecule has 0 aromatic heterocycles. The van der Waals surface area contributed by atoms with Gasteiger partial charge in [0.05, 0.1) is 6.10 Å². The molecule has 1 rings (SSSR count). The molecule has 1 aliphatic rings. The summed E-state index contributed by atoms with van der Waals surface area (Å²) in [6.07, 6.45) is 0.484. The summed E-state index contributed by atoms with van der Waals surface area (Å²) in [5.74, 6) is -1.02. The van der Waals surface area contributed by atoms with Crippen molar-refractivity contribution in [1.82, 2.24) is 4.90 Å². The number of hydrogen-bond donors (Lipinski definition) is 3. The monoisotopic (exact) mass is 217 g/mol. The predicted octanol–water partition coefficient (Wildman–Crippen LogP) is -0.475. The Hall–Kier alpha value is -0.650. The Morgan fingerprint density at radius 1 is 1.67 bits per heavy atom. The molecule has 1 fully saturated rings. The quantitative estimate of drug-likeness (QED) is 0.593. The zero-order chi connectivity index (χ0) is 11.6. The van der Waals surface area contributed by atoms with Crippen molar-refractivity contribution in [2.45, 2.75) is 32.0 Å². The molecule has 0 spiro atoms. The Bertz CT molecular complexity index is 240. The minimum atomic E-state index is -1.70. The van der Waals surface area contributed by atoms with Crippen LogP contribution >= 0.6 is 0 Å². The van der Waals surface area contributed by atoms with Crippen LogP contribution in [-0.4, -0.2) is 57.5 Å². The van der Waals surface area contributed by atoms with Gasteiger partial charge in [-0.15, -0.1) is 0 Å². The maximum absolute atomic E-state index is 10.7. The van der Waals surface area contributed by atoms with Crippen LogP contribution in [0.1, 0.15) is 20.3 Å². The zero-order valence-electron chi connectivity index (χ0n) is 9.18. The molecule has 3 N–H and O–H groups in total. The Labute approximate surface area is 89.3 Å². The lowest BCUT2D eigenvalue weighted by Crippen LogP contribution is -2.46. The molecule has 1 aliphatic heterocycles. The first-order chi connectivity index (χ1) is 6.83. The Balaban J connectivity index is 2.46. The van der Waals surface area contributed by atoms with Gasteiger partial charge in [0.2, 0.25) is 0 Å². The number of β-amino-alcohol motifs (C(OH)–C–C–N with tert-alkyl or cyclic N) is 1. The second kappa shape index (κ2) is 4.47. The highest BCUT2D eigenvalue weighted by Gasteiger charge is 2.35. The predicted molar refractivity (Wildman–Crippen MR) is 54.5 cm³/mol. The van der Waals surface area contributed by atoms with Gasteiger partial charge >= 0.3 is 5.97 Å². The highest BCUT2D eigenvalue weighted by atomic mass is 16.4. The summed E-state index contributed by atoms with van der Waals surface area (Å²) in [5.41, 5.74) is -1.70. The molecule has 0 radical (unpaired) electrons. The van der Waals surface area contributed by atoms with Crippen molar-refractivity contribution < 1.29 is 20.1 Å². The van der Waals surface area contributed by atoms with Crippen molar-refractivity contribution in [2.24, 2.45) is 5.92 Å². The minimum Gasteiger partial charge on any atom is -0.479 e. The van der Waals surface area contributed by atoms with Gasteiger partial charge in [-0.05, 0) is 32.7 Å². The van der Waals surface area contributed by atoms with Crippen LogP contribution in [0.5, 0.6) is 0 Å². The van der Waals surface area contributed by atoms with Crippen LogP contribution in [0.3, 0.4) is 0 Å². The fourth-order valence-corrected chi connectivity index (χ4v) is 1.90. The number of aliphatic hydroxyl groups is 2. The summed E-state index contributed by atoms with van der Waals surface area (Å²) in [4.78, 5) is 12.6. The third-order valence-electron chi connectivity index (χ3n) is 2.98. The molecule has 0 aromatic carbocycles. The highest BCUT2D eigenvalue weighted by molar-refractivity contribution is 5.76. The molecule has 1 heterocycles. The number of carbonyl (C=O) groups is 1. The van der Waals surface area contributed by atoms with E-state index in [1.807, 2.05) is 4.90 Å². The molecule has 0 aliphatic carbocycles. The lowest BCUT2D eigenvalue weighted by atomic mass is 10.0. The number of hydrogen-bond acceptors (Lipinski definition) is 4. The van der Waals surface area contributed by atoms with Crippen molar-refractivity contribution in [2.75, 3.05) is 19.6 Å². The minimum absolute atomic E-state index is 0.117. The topological polar surface area (TPSA) is 81.0 Å². The van der Waals surface area contributed by atoms with E-state index in [4.69, 9.17) is 5.11 Å². The summed E-state index contributed by atoms with van der Waals surface area (Å²) < 4.78 is 0. The zero-order valence-corrected chi connectivity index (χ0v) is 9.18.